The molecule has 0 amide bonds. The van der Waals surface area contributed by atoms with Gasteiger partial charge < -0.3 is 14.2 Å². The first-order chi connectivity index (χ1) is 23.4. The first kappa shape index (κ1) is 31.6. The van der Waals surface area contributed by atoms with Crippen molar-refractivity contribution < 1.29 is 19.0 Å². The standard InChI is InChI=1S/C39H31BrN2O5S/c1-4-46-38(44)34-23(2)41-39-42(35(34)30-18-10-14-26-12-6-8-17-29(26)30)37(43)33(48-39)21-24-19-31(40)36(32(20-24)45-3)47-22-27-15-9-13-25-11-5-7-16-28(25)27/h5-21,35H,4,22H2,1-3H3/b33-21-/t35-/m0/s1. The quantitative estimate of drug-likeness (QED) is 0.153. The zero-order valence-corrected chi connectivity index (χ0v) is 28.9. The summed E-state index contributed by atoms with van der Waals surface area (Å²) in [6.07, 6.45) is 1.81. The number of thiazole rings is 1. The topological polar surface area (TPSA) is 79.1 Å². The molecule has 1 aliphatic heterocycles. The zero-order chi connectivity index (χ0) is 33.4. The fourth-order valence-electron chi connectivity index (χ4n) is 6.26. The smallest absolute Gasteiger partial charge is 0.338 e. The Kier molecular flexibility index (Phi) is 8.73. The average Bonchev–Trinajstić information content (AvgIpc) is 3.40. The van der Waals surface area contributed by atoms with Gasteiger partial charge in [0.2, 0.25) is 0 Å². The Morgan fingerprint density at radius 1 is 0.958 bits per heavy atom. The predicted octanol–water partition coefficient (Wildman–Crippen LogP) is 7.45. The van der Waals surface area contributed by atoms with Gasteiger partial charge in [0.25, 0.3) is 5.56 Å². The van der Waals surface area contributed by atoms with Gasteiger partial charge in [0.1, 0.15) is 6.61 Å². The van der Waals surface area contributed by atoms with E-state index in [-0.39, 0.29) is 12.2 Å². The third kappa shape index (κ3) is 5.73. The molecule has 1 atom stereocenters. The van der Waals surface area contributed by atoms with E-state index in [1.54, 1.807) is 25.5 Å². The maximum absolute atomic E-state index is 14.3. The van der Waals surface area contributed by atoms with Crippen molar-refractivity contribution in [1.29, 1.82) is 0 Å². The molecular formula is C39H31BrN2O5S. The molecule has 0 bridgehead atoms. The van der Waals surface area contributed by atoms with Gasteiger partial charge in [-0.25, -0.2) is 9.79 Å². The lowest BCUT2D eigenvalue weighted by Gasteiger charge is -2.25. The molecule has 0 saturated heterocycles. The van der Waals surface area contributed by atoms with E-state index in [1.807, 2.05) is 78.9 Å². The molecule has 5 aromatic carbocycles. The number of carbonyl (C=O) groups is 1. The highest BCUT2D eigenvalue weighted by molar-refractivity contribution is 9.10. The lowest BCUT2D eigenvalue weighted by atomic mass is 9.91. The fraction of sp³-hybridized carbons (Fsp3) is 0.154. The van der Waals surface area contributed by atoms with Crippen LogP contribution in [0, 0.1) is 0 Å². The number of nitrogens with zero attached hydrogens (tertiary/aromatic N) is 2. The number of hydrogen-bond acceptors (Lipinski definition) is 7. The highest BCUT2D eigenvalue weighted by Gasteiger charge is 2.34. The number of benzene rings is 5. The Morgan fingerprint density at radius 3 is 2.40 bits per heavy atom. The molecule has 0 fully saturated rings. The highest BCUT2D eigenvalue weighted by Crippen LogP contribution is 2.38. The Bertz CT molecular complexity index is 2430. The maximum atomic E-state index is 14.3. The van der Waals surface area contributed by atoms with E-state index in [9.17, 15) is 9.59 Å². The van der Waals surface area contributed by atoms with Gasteiger partial charge in [-0.1, -0.05) is 96.3 Å². The van der Waals surface area contributed by atoms with Crippen molar-refractivity contribution in [1.82, 2.24) is 4.57 Å². The number of halogens is 1. The van der Waals surface area contributed by atoms with Crippen molar-refractivity contribution in [2.75, 3.05) is 13.7 Å². The average molecular weight is 720 g/mol. The van der Waals surface area contributed by atoms with E-state index in [1.165, 1.54) is 11.3 Å². The zero-order valence-electron chi connectivity index (χ0n) is 26.5. The van der Waals surface area contributed by atoms with Crippen LogP contribution in [0.5, 0.6) is 11.5 Å². The summed E-state index contributed by atoms with van der Waals surface area (Å²) in [6.45, 7) is 4.12. The summed E-state index contributed by atoms with van der Waals surface area (Å²) in [5.74, 6) is 0.603. The second kappa shape index (κ2) is 13.3. The van der Waals surface area contributed by atoms with E-state index in [2.05, 4.69) is 40.2 Å². The second-order valence-corrected chi connectivity index (χ2v) is 13.2. The number of aromatic nitrogens is 1. The summed E-state index contributed by atoms with van der Waals surface area (Å²) in [5.41, 5.74) is 3.25. The van der Waals surface area contributed by atoms with Crippen LogP contribution in [0.1, 0.15) is 36.6 Å². The molecule has 48 heavy (non-hydrogen) atoms. The highest BCUT2D eigenvalue weighted by atomic mass is 79.9. The Hall–Kier alpha value is -4.99. The van der Waals surface area contributed by atoms with E-state index < -0.39 is 12.0 Å². The third-order valence-electron chi connectivity index (χ3n) is 8.44. The van der Waals surface area contributed by atoms with Crippen molar-refractivity contribution in [3.8, 4) is 11.5 Å². The number of allylic oxidation sites excluding steroid dienone is 1. The van der Waals surface area contributed by atoms with Crippen molar-refractivity contribution in [2.45, 2.75) is 26.5 Å². The first-order valence-corrected chi connectivity index (χ1v) is 17.1. The Balaban J connectivity index is 1.31. The molecule has 7 rings (SSSR count). The van der Waals surface area contributed by atoms with Crippen LogP contribution in [0.3, 0.4) is 0 Å². The van der Waals surface area contributed by atoms with Crippen LogP contribution < -0.4 is 24.4 Å². The Labute approximate surface area is 289 Å². The normalized spacial score (nSPS) is 14.6. The van der Waals surface area contributed by atoms with Crippen LogP contribution in [0.25, 0.3) is 27.6 Å². The van der Waals surface area contributed by atoms with Crippen molar-refractivity contribution >= 4 is 60.9 Å². The number of rotatable bonds is 8. The third-order valence-corrected chi connectivity index (χ3v) is 10.0. The molecule has 9 heteroatoms. The predicted molar refractivity (Wildman–Crippen MR) is 193 cm³/mol. The van der Waals surface area contributed by atoms with Crippen molar-refractivity contribution in [3.63, 3.8) is 0 Å². The molecular weight excluding hydrogens is 688 g/mol. The molecule has 0 N–H and O–H groups in total. The fourth-order valence-corrected chi connectivity index (χ4v) is 7.88. The van der Waals surface area contributed by atoms with Crippen LogP contribution in [0.15, 0.2) is 123 Å². The minimum Gasteiger partial charge on any atom is -0.493 e. The first-order valence-electron chi connectivity index (χ1n) is 15.5. The second-order valence-electron chi connectivity index (χ2n) is 11.3. The summed E-state index contributed by atoms with van der Waals surface area (Å²) in [5, 5.41) is 4.23. The van der Waals surface area contributed by atoms with E-state index in [0.29, 0.717) is 43.2 Å². The van der Waals surface area contributed by atoms with Crippen LogP contribution in [-0.4, -0.2) is 24.3 Å². The molecule has 2 heterocycles. The number of fused-ring (bicyclic) bond motifs is 3. The molecule has 7 nitrogen and oxygen atoms in total. The molecule has 6 aromatic rings. The summed E-state index contributed by atoms with van der Waals surface area (Å²) in [4.78, 5) is 32.9. The molecule has 240 valence electrons. The molecule has 0 saturated carbocycles. The van der Waals surface area contributed by atoms with Gasteiger partial charge in [0.15, 0.2) is 16.3 Å². The van der Waals surface area contributed by atoms with Gasteiger partial charge >= 0.3 is 5.97 Å². The lowest BCUT2D eigenvalue weighted by Crippen LogP contribution is -2.40. The van der Waals surface area contributed by atoms with Crippen molar-refractivity contribution in [2.24, 2.45) is 4.99 Å². The molecule has 0 aliphatic carbocycles. The van der Waals surface area contributed by atoms with Crippen molar-refractivity contribution in [3.05, 3.63) is 149 Å². The number of esters is 1. The number of methoxy groups -OCH3 is 1. The van der Waals surface area contributed by atoms with Gasteiger partial charge in [0.05, 0.1) is 40.0 Å². The van der Waals surface area contributed by atoms with E-state index in [0.717, 1.165) is 38.2 Å². The van der Waals surface area contributed by atoms with Crippen LogP contribution in [0.2, 0.25) is 0 Å². The largest absolute Gasteiger partial charge is 0.493 e. The monoisotopic (exact) mass is 718 g/mol. The molecule has 1 aliphatic rings. The molecule has 0 unspecified atom stereocenters. The molecule has 0 spiro atoms. The van der Waals surface area contributed by atoms with E-state index in [4.69, 9.17) is 19.2 Å². The Morgan fingerprint density at radius 2 is 1.65 bits per heavy atom. The molecule has 0 radical (unpaired) electrons. The van der Waals surface area contributed by atoms with Crippen LogP contribution in [0.4, 0.5) is 0 Å². The number of hydrogen-bond donors (Lipinski definition) is 0. The molecule has 1 aromatic heterocycles. The minimum absolute atomic E-state index is 0.209. The van der Waals surface area contributed by atoms with Gasteiger partial charge in [-0.15, -0.1) is 0 Å². The SMILES string of the molecule is CCOC(=O)C1=C(C)N=c2s/c(=C\c3cc(Br)c(OCc4cccc5ccccc45)c(OC)c3)c(=O)n2[C@H]1c1cccc2ccccc12. The van der Waals surface area contributed by atoms with Crippen LogP contribution >= 0.6 is 27.3 Å². The number of carbonyl (C=O) groups excluding carboxylic acids is 1. The van der Waals surface area contributed by atoms with Gasteiger partial charge in [-0.2, -0.15) is 0 Å². The summed E-state index contributed by atoms with van der Waals surface area (Å²) in [6, 6.07) is 31.3. The summed E-state index contributed by atoms with van der Waals surface area (Å²) < 4.78 is 20.3. The van der Waals surface area contributed by atoms with Crippen LogP contribution in [-0.2, 0) is 16.1 Å². The van der Waals surface area contributed by atoms with Gasteiger partial charge in [0, 0.05) is 0 Å². The summed E-state index contributed by atoms with van der Waals surface area (Å²) in [7, 11) is 1.59. The minimum atomic E-state index is -0.709. The lowest BCUT2D eigenvalue weighted by molar-refractivity contribution is -0.139. The maximum Gasteiger partial charge on any atom is 0.338 e. The summed E-state index contributed by atoms with van der Waals surface area (Å²) >= 11 is 4.96. The van der Waals surface area contributed by atoms with Gasteiger partial charge in [-0.3, -0.25) is 9.36 Å². The van der Waals surface area contributed by atoms with Gasteiger partial charge in [-0.05, 0) is 86.2 Å². The number of ether oxygens (including phenoxy) is 3. The van der Waals surface area contributed by atoms with E-state index >= 15 is 0 Å².